The molecule has 4 heterocycles. The molecule has 0 aliphatic carbocycles. The summed E-state index contributed by atoms with van der Waals surface area (Å²) in [5.41, 5.74) is 16.5. The largest absolute Gasteiger partial charge is 0.383 e. The van der Waals surface area contributed by atoms with Gasteiger partial charge in [-0.1, -0.05) is 12.1 Å². The number of anilines is 1. The summed E-state index contributed by atoms with van der Waals surface area (Å²) in [5, 5.41) is 8.53. The predicted octanol–water partition coefficient (Wildman–Crippen LogP) is 2.09. The van der Waals surface area contributed by atoms with Gasteiger partial charge in [-0.2, -0.15) is 5.10 Å². The molecule has 11 heteroatoms. The zero-order chi connectivity index (χ0) is 26.8. The Bertz CT molecular complexity index is 1560. The maximum atomic E-state index is 12.6. The third-order valence-corrected chi connectivity index (χ3v) is 6.67. The minimum Gasteiger partial charge on any atom is -0.383 e. The van der Waals surface area contributed by atoms with Crippen LogP contribution in [0.15, 0.2) is 55.0 Å². The molecule has 3 aromatic heterocycles. The van der Waals surface area contributed by atoms with Crippen LogP contribution >= 0.6 is 0 Å². The van der Waals surface area contributed by atoms with Gasteiger partial charge in [-0.3, -0.25) is 14.6 Å². The lowest BCUT2D eigenvalue weighted by molar-refractivity contribution is -0.125. The average molecular weight is 512 g/mol. The smallest absolute Gasteiger partial charge is 0.249 e. The molecule has 1 aliphatic heterocycles. The number of carbonyl (C=O) groups is 2. The Balaban J connectivity index is 1.58. The van der Waals surface area contributed by atoms with Gasteiger partial charge < -0.3 is 21.7 Å². The number of amides is 2. The van der Waals surface area contributed by atoms with Gasteiger partial charge in [-0.15, -0.1) is 0 Å². The maximum absolute atomic E-state index is 12.6. The number of benzene rings is 1. The SMILES string of the molecule is CNCC=CC(=O)N1CC[C@@H](n2nc(-c3ccc(C(N)=O)c(-c4cc(C)ccn4)c3)c3c(N)ncnc32)C1. The van der Waals surface area contributed by atoms with Crippen molar-refractivity contribution in [3.63, 3.8) is 0 Å². The molecule has 0 unspecified atom stereocenters. The summed E-state index contributed by atoms with van der Waals surface area (Å²) in [4.78, 5) is 39.8. The van der Waals surface area contributed by atoms with Gasteiger partial charge >= 0.3 is 0 Å². The Morgan fingerprint density at radius 3 is 2.79 bits per heavy atom. The second-order valence-electron chi connectivity index (χ2n) is 9.28. The van der Waals surface area contributed by atoms with E-state index in [1.807, 2.05) is 36.9 Å². The Labute approximate surface area is 219 Å². The Kier molecular flexibility index (Phi) is 6.84. The van der Waals surface area contributed by atoms with Gasteiger partial charge in [-0.25, -0.2) is 14.6 Å². The van der Waals surface area contributed by atoms with Crippen LogP contribution in [0, 0.1) is 6.92 Å². The quantitative estimate of drug-likeness (QED) is 0.318. The molecule has 38 heavy (non-hydrogen) atoms. The summed E-state index contributed by atoms with van der Waals surface area (Å²) >= 11 is 0. The van der Waals surface area contributed by atoms with Gasteiger partial charge in [-0.05, 0) is 50.2 Å². The van der Waals surface area contributed by atoms with Crippen LogP contribution in [0.4, 0.5) is 5.82 Å². The number of aryl methyl sites for hydroxylation is 1. The molecule has 1 aliphatic rings. The number of hydrogen-bond acceptors (Lipinski definition) is 8. The number of aromatic nitrogens is 5. The van der Waals surface area contributed by atoms with E-state index in [0.29, 0.717) is 59.0 Å². The monoisotopic (exact) mass is 511 g/mol. The van der Waals surface area contributed by atoms with Crippen LogP contribution in [0.5, 0.6) is 0 Å². The summed E-state index contributed by atoms with van der Waals surface area (Å²) in [6.07, 6.45) is 7.23. The van der Waals surface area contributed by atoms with Crippen LogP contribution < -0.4 is 16.8 Å². The molecule has 0 radical (unpaired) electrons. The van der Waals surface area contributed by atoms with Crippen molar-refractivity contribution in [1.82, 2.24) is 34.9 Å². The minimum atomic E-state index is -0.549. The van der Waals surface area contributed by atoms with Crippen LogP contribution in [-0.4, -0.2) is 68.1 Å². The van der Waals surface area contributed by atoms with Crippen LogP contribution in [0.25, 0.3) is 33.5 Å². The van der Waals surface area contributed by atoms with Crippen molar-refractivity contribution in [3.8, 4) is 22.5 Å². The van der Waals surface area contributed by atoms with Crippen molar-refractivity contribution in [3.05, 3.63) is 66.1 Å². The van der Waals surface area contributed by atoms with E-state index >= 15 is 0 Å². The highest BCUT2D eigenvalue weighted by Gasteiger charge is 2.30. The van der Waals surface area contributed by atoms with E-state index in [0.717, 1.165) is 17.5 Å². The standard InChI is InChI=1S/C27H29N9O2/c1-16-7-10-31-21(12-16)20-13-17(5-6-19(20)26(29)38)24-23-25(28)32-15-33-27(23)36(34-24)18-8-11-35(14-18)22(37)4-3-9-30-2/h3-7,10,12-13,15,18,30H,8-9,11,14H2,1-2H3,(H2,29,38)(H2,28,32,33)/t18-/m1/s1. The van der Waals surface area contributed by atoms with Crippen molar-refractivity contribution in [1.29, 1.82) is 0 Å². The number of rotatable bonds is 7. The summed E-state index contributed by atoms with van der Waals surface area (Å²) in [5.74, 6) is -0.287. The molecule has 2 amide bonds. The van der Waals surface area contributed by atoms with Gasteiger partial charge in [0, 0.05) is 48.6 Å². The van der Waals surface area contributed by atoms with Crippen molar-refractivity contribution in [2.45, 2.75) is 19.4 Å². The molecule has 194 valence electrons. The summed E-state index contributed by atoms with van der Waals surface area (Å²) in [6.45, 7) is 3.70. The predicted molar refractivity (Wildman–Crippen MR) is 145 cm³/mol. The number of nitrogens with one attached hydrogen (secondary N) is 1. The average Bonchev–Trinajstić information content (AvgIpc) is 3.54. The number of hydrogen-bond donors (Lipinski definition) is 3. The van der Waals surface area contributed by atoms with E-state index in [1.54, 1.807) is 35.4 Å². The van der Waals surface area contributed by atoms with E-state index in [2.05, 4.69) is 20.3 Å². The topological polar surface area (TPSA) is 158 Å². The number of likely N-dealkylation sites (N-methyl/N-ethyl adjacent to an activating group) is 1. The number of nitrogens with two attached hydrogens (primary N) is 2. The van der Waals surface area contributed by atoms with Gasteiger partial charge in [0.05, 0.1) is 17.1 Å². The highest BCUT2D eigenvalue weighted by Crippen LogP contribution is 2.36. The number of primary amides is 1. The van der Waals surface area contributed by atoms with Crippen LogP contribution in [-0.2, 0) is 4.79 Å². The Morgan fingerprint density at radius 1 is 1.18 bits per heavy atom. The lowest BCUT2D eigenvalue weighted by Crippen LogP contribution is -2.27. The fraction of sp³-hybridized carbons (Fsp3) is 0.259. The normalized spacial score (nSPS) is 15.5. The number of pyridine rings is 1. The second kappa shape index (κ2) is 10.4. The van der Waals surface area contributed by atoms with Crippen molar-refractivity contribution in [2.24, 2.45) is 5.73 Å². The summed E-state index contributed by atoms with van der Waals surface area (Å²) in [7, 11) is 1.83. The molecule has 0 bridgehead atoms. The molecule has 4 aromatic rings. The van der Waals surface area contributed by atoms with E-state index in [1.165, 1.54) is 6.33 Å². The van der Waals surface area contributed by atoms with Crippen molar-refractivity contribution in [2.75, 3.05) is 32.4 Å². The van der Waals surface area contributed by atoms with Crippen molar-refractivity contribution < 1.29 is 9.59 Å². The molecule has 0 saturated carbocycles. The number of carbonyl (C=O) groups excluding carboxylic acids is 2. The van der Waals surface area contributed by atoms with Crippen LogP contribution in [0.2, 0.25) is 0 Å². The minimum absolute atomic E-state index is 0.0362. The Hall–Kier alpha value is -4.64. The third-order valence-electron chi connectivity index (χ3n) is 6.67. The van der Waals surface area contributed by atoms with E-state index in [9.17, 15) is 9.59 Å². The Morgan fingerprint density at radius 2 is 2.03 bits per heavy atom. The number of fused-ring (bicyclic) bond motifs is 1. The first-order valence-electron chi connectivity index (χ1n) is 12.3. The first kappa shape index (κ1) is 25.0. The lowest BCUT2D eigenvalue weighted by atomic mass is 9.97. The first-order chi connectivity index (χ1) is 18.4. The fourth-order valence-electron chi connectivity index (χ4n) is 4.78. The molecule has 1 aromatic carbocycles. The fourth-order valence-corrected chi connectivity index (χ4v) is 4.78. The highest BCUT2D eigenvalue weighted by atomic mass is 16.2. The first-order valence-corrected chi connectivity index (χ1v) is 12.3. The second-order valence-corrected chi connectivity index (χ2v) is 9.28. The third kappa shape index (κ3) is 4.71. The van der Waals surface area contributed by atoms with E-state index in [4.69, 9.17) is 16.6 Å². The molecule has 1 fully saturated rings. The van der Waals surface area contributed by atoms with Gasteiger partial charge in [0.2, 0.25) is 11.8 Å². The molecule has 1 saturated heterocycles. The zero-order valence-corrected chi connectivity index (χ0v) is 21.3. The molecular weight excluding hydrogens is 482 g/mol. The zero-order valence-electron chi connectivity index (χ0n) is 21.3. The van der Waals surface area contributed by atoms with Crippen LogP contribution in [0.3, 0.4) is 0 Å². The molecule has 11 nitrogen and oxygen atoms in total. The lowest BCUT2D eigenvalue weighted by Gasteiger charge is -2.15. The maximum Gasteiger partial charge on any atom is 0.249 e. The molecule has 0 spiro atoms. The van der Waals surface area contributed by atoms with Gasteiger partial charge in [0.25, 0.3) is 0 Å². The summed E-state index contributed by atoms with van der Waals surface area (Å²) < 4.78 is 1.83. The number of likely N-dealkylation sites (tertiary alicyclic amines) is 1. The van der Waals surface area contributed by atoms with E-state index < -0.39 is 5.91 Å². The molecule has 5 rings (SSSR count). The molecular formula is C27H29N9O2. The van der Waals surface area contributed by atoms with E-state index in [-0.39, 0.29) is 11.9 Å². The highest BCUT2D eigenvalue weighted by molar-refractivity contribution is 6.03. The number of nitrogens with zero attached hydrogens (tertiary/aromatic N) is 6. The van der Waals surface area contributed by atoms with Crippen molar-refractivity contribution >= 4 is 28.7 Å². The summed E-state index contributed by atoms with van der Waals surface area (Å²) in [6, 6.07) is 9.01. The van der Waals surface area contributed by atoms with Crippen LogP contribution in [0.1, 0.15) is 28.4 Å². The molecule has 1 atom stereocenters. The number of nitrogen functional groups attached to an aromatic ring is 1. The van der Waals surface area contributed by atoms with Gasteiger partial charge in [0.15, 0.2) is 5.65 Å². The molecule has 5 N–H and O–H groups in total. The van der Waals surface area contributed by atoms with Gasteiger partial charge in [0.1, 0.15) is 17.8 Å².